The molecular weight excluding hydrogens is 286 g/mol. The minimum absolute atomic E-state index is 0.0332. The molecule has 1 aromatic heterocycles. The molecule has 0 bridgehead atoms. The zero-order chi connectivity index (χ0) is 14.9. The normalized spacial score (nSPS) is 10.5. The van der Waals surface area contributed by atoms with Gasteiger partial charge in [0.05, 0.1) is 4.92 Å². The molecule has 2 rings (SSSR count). The van der Waals surface area contributed by atoms with E-state index >= 15 is 0 Å². The Balaban J connectivity index is 2.46. The molecule has 0 aliphatic carbocycles. The Morgan fingerprint density at radius 1 is 1.30 bits per heavy atom. The standard InChI is InChI=1S/C12H10ClN3O4/c1-6-8(11(17)15-12(18)14-6)4-7-2-3-9(13)10(5-7)16(19)20/h2-3,5H,4H2,1H3,(H2,14,15,17,18). The lowest BCUT2D eigenvalue weighted by Crippen LogP contribution is -2.27. The molecule has 0 unspecified atom stereocenters. The number of nitro benzene ring substituents is 1. The molecule has 0 aliphatic heterocycles. The Morgan fingerprint density at radius 2 is 2.00 bits per heavy atom. The van der Waals surface area contributed by atoms with Crippen molar-refractivity contribution in [1.82, 2.24) is 9.97 Å². The fraction of sp³-hybridized carbons (Fsp3) is 0.167. The van der Waals surface area contributed by atoms with Crippen molar-refractivity contribution in [2.24, 2.45) is 0 Å². The lowest BCUT2D eigenvalue weighted by molar-refractivity contribution is -0.384. The molecule has 104 valence electrons. The molecule has 2 aromatic rings. The zero-order valence-electron chi connectivity index (χ0n) is 10.4. The molecule has 20 heavy (non-hydrogen) atoms. The number of nitrogens with zero attached hydrogens (tertiary/aromatic N) is 1. The van der Waals surface area contributed by atoms with E-state index in [1.165, 1.54) is 12.1 Å². The Hall–Kier alpha value is -2.41. The lowest BCUT2D eigenvalue weighted by atomic mass is 10.0. The number of rotatable bonds is 3. The van der Waals surface area contributed by atoms with Gasteiger partial charge in [-0.15, -0.1) is 0 Å². The van der Waals surface area contributed by atoms with E-state index in [0.29, 0.717) is 16.8 Å². The maximum atomic E-state index is 11.7. The Morgan fingerprint density at radius 3 is 2.60 bits per heavy atom. The number of aryl methyl sites for hydroxylation is 1. The van der Waals surface area contributed by atoms with Crippen molar-refractivity contribution in [3.63, 3.8) is 0 Å². The highest BCUT2D eigenvalue weighted by atomic mass is 35.5. The van der Waals surface area contributed by atoms with Gasteiger partial charge < -0.3 is 4.98 Å². The van der Waals surface area contributed by atoms with Gasteiger partial charge in [-0.2, -0.15) is 0 Å². The molecule has 0 radical (unpaired) electrons. The Kier molecular flexibility index (Phi) is 3.71. The number of halogens is 1. The number of nitro groups is 1. The number of H-pyrrole nitrogens is 2. The summed E-state index contributed by atoms with van der Waals surface area (Å²) in [5.74, 6) is 0. The number of hydrogen-bond acceptors (Lipinski definition) is 4. The zero-order valence-corrected chi connectivity index (χ0v) is 11.2. The van der Waals surface area contributed by atoms with Crippen molar-refractivity contribution in [2.75, 3.05) is 0 Å². The Labute approximate surface area is 117 Å². The van der Waals surface area contributed by atoms with Crippen LogP contribution < -0.4 is 11.2 Å². The van der Waals surface area contributed by atoms with E-state index in [2.05, 4.69) is 9.97 Å². The fourth-order valence-corrected chi connectivity index (χ4v) is 2.04. The van der Waals surface area contributed by atoms with Crippen LogP contribution in [0.4, 0.5) is 5.69 Å². The molecule has 0 saturated carbocycles. The maximum absolute atomic E-state index is 11.7. The quantitative estimate of drug-likeness (QED) is 0.661. The van der Waals surface area contributed by atoms with Crippen molar-refractivity contribution in [3.8, 4) is 0 Å². The highest BCUT2D eigenvalue weighted by Crippen LogP contribution is 2.25. The minimum Gasteiger partial charge on any atom is -0.311 e. The molecule has 1 aromatic carbocycles. The molecule has 0 fully saturated rings. The van der Waals surface area contributed by atoms with Gasteiger partial charge in [0.1, 0.15) is 5.02 Å². The Bertz CT molecular complexity index is 794. The van der Waals surface area contributed by atoms with Crippen LogP contribution in [0.1, 0.15) is 16.8 Å². The summed E-state index contributed by atoms with van der Waals surface area (Å²) in [6.07, 6.45) is 0.163. The summed E-state index contributed by atoms with van der Waals surface area (Å²) in [5.41, 5.74) is 0.0178. The predicted molar refractivity (Wildman–Crippen MR) is 73.3 cm³/mol. The summed E-state index contributed by atoms with van der Waals surface area (Å²) < 4.78 is 0. The molecule has 0 atom stereocenters. The first kappa shape index (κ1) is 14.0. The molecule has 1 heterocycles. The number of aromatic amines is 2. The van der Waals surface area contributed by atoms with Crippen LogP contribution in [0.25, 0.3) is 0 Å². The van der Waals surface area contributed by atoms with Gasteiger partial charge in [0, 0.05) is 23.7 Å². The molecular formula is C12H10ClN3O4. The van der Waals surface area contributed by atoms with Crippen LogP contribution in [0.2, 0.25) is 5.02 Å². The highest BCUT2D eigenvalue weighted by Gasteiger charge is 2.14. The number of nitrogens with one attached hydrogen (secondary N) is 2. The second kappa shape index (κ2) is 5.30. The third kappa shape index (κ3) is 2.77. The molecule has 0 saturated heterocycles. The smallest absolute Gasteiger partial charge is 0.311 e. The van der Waals surface area contributed by atoms with Crippen LogP contribution in [-0.2, 0) is 6.42 Å². The van der Waals surface area contributed by atoms with Crippen molar-refractivity contribution in [2.45, 2.75) is 13.3 Å². The molecule has 0 spiro atoms. The second-order valence-electron chi connectivity index (χ2n) is 4.23. The molecule has 0 aliphatic rings. The van der Waals surface area contributed by atoms with Crippen LogP contribution in [0.5, 0.6) is 0 Å². The summed E-state index contributed by atoms with van der Waals surface area (Å²) in [6.45, 7) is 1.59. The van der Waals surface area contributed by atoms with Gasteiger partial charge >= 0.3 is 5.69 Å². The highest BCUT2D eigenvalue weighted by molar-refractivity contribution is 6.32. The van der Waals surface area contributed by atoms with Gasteiger partial charge in [0.15, 0.2) is 0 Å². The molecule has 2 N–H and O–H groups in total. The minimum atomic E-state index is -0.588. The van der Waals surface area contributed by atoms with Crippen LogP contribution >= 0.6 is 11.6 Å². The van der Waals surface area contributed by atoms with E-state index in [-0.39, 0.29) is 17.1 Å². The monoisotopic (exact) mass is 295 g/mol. The van der Waals surface area contributed by atoms with Gasteiger partial charge in [0.2, 0.25) is 0 Å². The topological polar surface area (TPSA) is 109 Å². The van der Waals surface area contributed by atoms with Gasteiger partial charge in [-0.05, 0) is 18.6 Å². The predicted octanol–water partition coefficient (Wildman–Crippen LogP) is 1.52. The van der Waals surface area contributed by atoms with Crippen molar-refractivity contribution >= 4 is 17.3 Å². The van der Waals surface area contributed by atoms with Gasteiger partial charge in [0.25, 0.3) is 11.2 Å². The first-order chi connectivity index (χ1) is 9.38. The van der Waals surface area contributed by atoms with E-state index in [1.54, 1.807) is 13.0 Å². The van der Waals surface area contributed by atoms with Crippen LogP contribution in [0, 0.1) is 17.0 Å². The average molecular weight is 296 g/mol. The number of benzene rings is 1. The van der Waals surface area contributed by atoms with E-state index in [4.69, 9.17) is 11.6 Å². The summed E-state index contributed by atoms with van der Waals surface area (Å²) in [7, 11) is 0. The van der Waals surface area contributed by atoms with Crippen molar-refractivity contribution in [3.05, 3.63) is 71.0 Å². The van der Waals surface area contributed by atoms with E-state index in [9.17, 15) is 19.7 Å². The third-order valence-electron chi connectivity index (χ3n) is 2.84. The maximum Gasteiger partial charge on any atom is 0.325 e. The lowest BCUT2D eigenvalue weighted by Gasteiger charge is -2.05. The van der Waals surface area contributed by atoms with Gasteiger partial charge in [-0.1, -0.05) is 17.7 Å². The summed E-state index contributed by atoms with van der Waals surface area (Å²) in [5, 5.41) is 10.8. The van der Waals surface area contributed by atoms with Crippen LogP contribution in [0.3, 0.4) is 0 Å². The van der Waals surface area contributed by atoms with E-state index in [0.717, 1.165) is 0 Å². The third-order valence-corrected chi connectivity index (χ3v) is 3.16. The van der Waals surface area contributed by atoms with E-state index < -0.39 is 16.2 Å². The SMILES string of the molecule is Cc1[nH]c(=O)[nH]c(=O)c1Cc1ccc(Cl)c([N+](=O)[O-])c1. The summed E-state index contributed by atoms with van der Waals surface area (Å²) in [6, 6.07) is 4.32. The fourth-order valence-electron chi connectivity index (χ4n) is 1.85. The van der Waals surface area contributed by atoms with Crippen LogP contribution in [-0.4, -0.2) is 14.9 Å². The van der Waals surface area contributed by atoms with E-state index in [1.807, 2.05) is 0 Å². The number of hydrogen-bond donors (Lipinski definition) is 2. The molecule has 8 heteroatoms. The number of aromatic nitrogens is 2. The van der Waals surface area contributed by atoms with Gasteiger partial charge in [-0.25, -0.2) is 4.79 Å². The molecule has 0 amide bonds. The van der Waals surface area contributed by atoms with Crippen LogP contribution in [0.15, 0.2) is 27.8 Å². The summed E-state index contributed by atoms with van der Waals surface area (Å²) >= 11 is 5.72. The second-order valence-corrected chi connectivity index (χ2v) is 4.64. The first-order valence-corrected chi connectivity index (χ1v) is 6.01. The summed E-state index contributed by atoms with van der Waals surface area (Å²) in [4.78, 5) is 37.6. The van der Waals surface area contributed by atoms with Crippen molar-refractivity contribution in [1.29, 1.82) is 0 Å². The molecule has 7 nitrogen and oxygen atoms in total. The average Bonchev–Trinajstić information content (AvgIpc) is 2.35. The largest absolute Gasteiger partial charge is 0.325 e. The first-order valence-electron chi connectivity index (χ1n) is 5.63. The van der Waals surface area contributed by atoms with Gasteiger partial charge in [-0.3, -0.25) is 19.9 Å². The van der Waals surface area contributed by atoms with Crippen molar-refractivity contribution < 1.29 is 4.92 Å².